The number of likely N-dealkylation sites (tertiary alicyclic amines) is 1. The molecule has 0 unspecified atom stereocenters. The number of hydrogen-bond acceptors (Lipinski definition) is 8. The molecule has 4 heterocycles. The fraction of sp³-hybridized carbons (Fsp3) is 0.240. The van der Waals surface area contributed by atoms with E-state index in [0.29, 0.717) is 41.8 Å². The van der Waals surface area contributed by atoms with Crippen LogP contribution in [0.1, 0.15) is 18.4 Å². The van der Waals surface area contributed by atoms with Crippen LogP contribution in [0, 0.1) is 0 Å². The van der Waals surface area contributed by atoms with Crippen LogP contribution in [0.4, 0.5) is 18.0 Å². The van der Waals surface area contributed by atoms with E-state index in [1.165, 1.54) is 0 Å². The van der Waals surface area contributed by atoms with Crippen molar-refractivity contribution < 1.29 is 27.4 Å². The zero-order chi connectivity index (χ0) is 26.5. The number of nitrogens with one attached hydrogen (secondary N) is 1. The predicted molar refractivity (Wildman–Crippen MR) is 132 cm³/mol. The lowest BCUT2D eigenvalue weighted by Crippen LogP contribution is -2.40. The Labute approximate surface area is 219 Å². The van der Waals surface area contributed by atoms with Crippen molar-refractivity contribution in [2.45, 2.75) is 29.4 Å². The van der Waals surface area contributed by atoms with Gasteiger partial charge in [-0.1, -0.05) is 11.8 Å². The van der Waals surface area contributed by atoms with Gasteiger partial charge in [0.05, 0.1) is 5.56 Å². The minimum absolute atomic E-state index is 0.0158. The maximum absolute atomic E-state index is 12.7. The van der Waals surface area contributed by atoms with Crippen LogP contribution >= 0.6 is 11.8 Å². The fourth-order valence-electron chi connectivity index (χ4n) is 3.71. The Morgan fingerprint density at radius 3 is 2.37 bits per heavy atom. The van der Waals surface area contributed by atoms with Gasteiger partial charge in [-0.25, -0.2) is 14.8 Å². The molecule has 1 aliphatic heterocycles. The van der Waals surface area contributed by atoms with E-state index in [1.54, 1.807) is 53.3 Å². The summed E-state index contributed by atoms with van der Waals surface area (Å²) in [6.45, 7) is 1.08. The number of ether oxygens (including phenoxy) is 2. The van der Waals surface area contributed by atoms with Crippen molar-refractivity contribution in [2.24, 2.45) is 0 Å². The van der Waals surface area contributed by atoms with E-state index in [0.717, 1.165) is 30.5 Å². The van der Waals surface area contributed by atoms with Gasteiger partial charge in [0, 0.05) is 48.6 Å². The fourth-order valence-corrected chi connectivity index (χ4v) is 4.70. The third-order valence-corrected chi connectivity index (χ3v) is 6.90. The predicted octanol–water partition coefficient (Wildman–Crippen LogP) is 5.83. The summed E-state index contributed by atoms with van der Waals surface area (Å²) in [5.41, 5.74) is 0.0514. The molecule has 38 heavy (non-hydrogen) atoms. The molecule has 1 fully saturated rings. The lowest BCUT2D eigenvalue weighted by atomic mass is 10.1. The Bertz CT molecular complexity index is 1360. The van der Waals surface area contributed by atoms with Gasteiger partial charge in [-0.2, -0.15) is 13.2 Å². The standard InChI is InChI=1S/C25H21F3N6O3S/c26-25(27,28)17-1-6-21(30-15-17)36-18-2-4-19(5-3-18)37-24(35)34-13-9-20(10-14-34)38-23-31-22(32-33-23)16-7-11-29-12-8-16/h1-8,11-12,15,20H,9-10,13-14H2,(H,31,32,33). The second-order valence-corrected chi connectivity index (χ2v) is 9.60. The van der Waals surface area contributed by atoms with Crippen molar-refractivity contribution >= 4 is 17.9 Å². The molecule has 3 aromatic heterocycles. The molecular weight excluding hydrogens is 521 g/mol. The van der Waals surface area contributed by atoms with E-state index < -0.39 is 17.8 Å². The van der Waals surface area contributed by atoms with E-state index in [-0.39, 0.29) is 11.1 Å². The number of thioether (sulfide) groups is 1. The number of amides is 1. The Balaban J connectivity index is 1.08. The number of H-pyrrole nitrogens is 1. The van der Waals surface area contributed by atoms with Crippen LogP contribution in [-0.4, -0.2) is 54.5 Å². The highest BCUT2D eigenvalue weighted by molar-refractivity contribution is 7.99. The quantitative estimate of drug-likeness (QED) is 0.325. The lowest BCUT2D eigenvalue weighted by Gasteiger charge is -2.30. The number of alkyl halides is 3. The van der Waals surface area contributed by atoms with Crippen LogP contribution in [0.3, 0.4) is 0 Å². The van der Waals surface area contributed by atoms with Gasteiger partial charge in [0.25, 0.3) is 0 Å². The van der Waals surface area contributed by atoms with Crippen LogP contribution < -0.4 is 9.47 Å². The first-order valence-corrected chi connectivity index (χ1v) is 12.5. The molecule has 13 heteroatoms. The highest BCUT2D eigenvalue weighted by Gasteiger charge is 2.31. The second kappa shape index (κ2) is 11.1. The molecule has 1 saturated heterocycles. The molecule has 0 saturated carbocycles. The molecule has 196 valence electrons. The number of nitrogens with zero attached hydrogens (tertiary/aromatic N) is 5. The lowest BCUT2D eigenvalue weighted by molar-refractivity contribution is -0.137. The largest absolute Gasteiger partial charge is 0.439 e. The van der Waals surface area contributed by atoms with E-state index in [2.05, 4.69) is 25.1 Å². The van der Waals surface area contributed by atoms with Gasteiger partial charge in [-0.05, 0) is 55.3 Å². The molecule has 9 nitrogen and oxygen atoms in total. The molecule has 1 aromatic carbocycles. The Kier molecular flexibility index (Phi) is 7.45. The van der Waals surface area contributed by atoms with Crippen molar-refractivity contribution in [1.82, 2.24) is 30.0 Å². The Morgan fingerprint density at radius 1 is 1.00 bits per heavy atom. The normalized spacial score (nSPS) is 14.3. The third-order valence-electron chi connectivity index (χ3n) is 5.71. The van der Waals surface area contributed by atoms with Gasteiger partial charge in [0.1, 0.15) is 11.5 Å². The first-order valence-electron chi connectivity index (χ1n) is 11.6. The molecule has 1 N–H and O–H groups in total. The van der Waals surface area contributed by atoms with Crippen molar-refractivity contribution in [2.75, 3.05) is 13.1 Å². The summed E-state index contributed by atoms with van der Waals surface area (Å²) in [4.78, 5) is 26.5. The molecular formula is C25H21F3N6O3S. The molecule has 0 spiro atoms. The molecule has 0 bridgehead atoms. The van der Waals surface area contributed by atoms with Crippen molar-refractivity contribution in [3.05, 3.63) is 72.7 Å². The zero-order valence-electron chi connectivity index (χ0n) is 19.8. The summed E-state index contributed by atoms with van der Waals surface area (Å²) >= 11 is 1.58. The maximum Gasteiger partial charge on any atom is 0.417 e. The zero-order valence-corrected chi connectivity index (χ0v) is 20.6. The molecule has 0 atom stereocenters. The molecule has 1 amide bonds. The molecule has 0 radical (unpaired) electrons. The number of carbonyl (C=O) groups excluding carboxylic acids is 1. The molecule has 4 aromatic rings. The van der Waals surface area contributed by atoms with Crippen LogP contribution in [0.25, 0.3) is 11.4 Å². The number of piperidine rings is 1. The SMILES string of the molecule is O=C(Oc1ccc(Oc2ccc(C(F)(F)F)cn2)cc1)N1CCC(Sc2n[nH]c(-c3ccncc3)n2)CC1. The highest BCUT2D eigenvalue weighted by atomic mass is 32.2. The summed E-state index contributed by atoms with van der Waals surface area (Å²) in [5, 5.41) is 8.16. The van der Waals surface area contributed by atoms with Crippen LogP contribution in [0.2, 0.25) is 0 Å². The van der Waals surface area contributed by atoms with Gasteiger partial charge >= 0.3 is 12.3 Å². The minimum Gasteiger partial charge on any atom is -0.439 e. The van der Waals surface area contributed by atoms with Crippen molar-refractivity contribution in [3.63, 3.8) is 0 Å². The monoisotopic (exact) mass is 542 g/mol. The first kappa shape index (κ1) is 25.5. The topological polar surface area (TPSA) is 106 Å². The van der Waals surface area contributed by atoms with E-state index in [1.807, 2.05) is 12.1 Å². The molecule has 1 aliphatic rings. The number of carbonyl (C=O) groups is 1. The van der Waals surface area contributed by atoms with Gasteiger partial charge in [0.15, 0.2) is 5.82 Å². The number of hydrogen-bond donors (Lipinski definition) is 1. The number of halogens is 3. The summed E-state index contributed by atoms with van der Waals surface area (Å²) < 4.78 is 48.9. The van der Waals surface area contributed by atoms with Crippen LogP contribution in [0.5, 0.6) is 17.4 Å². The van der Waals surface area contributed by atoms with E-state index >= 15 is 0 Å². The first-order chi connectivity index (χ1) is 18.3. The summed E-state index contributed by atoms with van der Waals surface area (Å²) in [6, 6.07) is 11.9. The summed E-state index contributed by atoms with van der Waals surface area (Å²) in [5.74, 6) is 1.36. The van der Waals surface area contributed by atoms with Gasteiger partial charge in [-0.3, -0.25) is 10.1 Å². The second-order valence-electron chi connectivity index (χ2n) is 8.33. The average molecular weight is 543 g/mol. The number of aromatic amines is 1. The minimum atomic E-state index is -4.47. The Hall–Kier alpha value is -4.13. The molecule has 5 rings (SSSR count). The van der Waals surface area contributed by atoms with Gasteiger partial charge < -0.3 is 14.4 Å². The molecule has 0 aliphatic carbocycles. The maximum atomic E-state index is 12.7. The average Bonchev–Trinajstić information content (AvgIpc) is 3.39. The highest BCUT2D eigenvalue weighted by Crippen LogP contribution is 2.31. The van der Waals surface area contributed by atoms with E-state index in [4.69, 9.17) is 9.47 Å². The summed E-state index contributed by atoms with van der Waals surface area (Å²) in [7, 11) is 0. The van der Waals surface area contributed by atoms with Crippen LogP contribution in [0.15, 0.2) is 72.3 Å². The van der Waals surface area contributed by atoms with Crippen molar-refractivity contribution in [3.8, 4) is 28.8 Å². The van der Waals surface area contributed by atoms with Gasteiger partial charge in [0.2, 0.25) is 11.0 Å². The van der Waals surface area contributed by atoms with Crippen LogP contribution in [-0.2, 0) is 6.18 Å². The third kappa shape index (κ3) is 6.40. The Morgan fingerprint density at radius 2 is 1.71 bits per heavy atom. The number of rotatable bonds is 6. The smallest absolute Gasteiger partial charge is 0.417 e. The van der Waals surface area contributed by atoms with Crippen molar-refractivity contribution in [1.29, 1.82) is 0 Å². The van der Waals surface area contributed by atoms with Gasteiger partial charge in [-0.15, -0.1) is 5.10 Å². The number of benzene rings is 1. The van der Waals surface area contributed by atoms with E-state index in [9.17, 15) is 18.0 Å². The number of aromatic nitrogens is 5. The number of pyridine rings is 2. The summed E-state index contributed by atoms with van der Waals surface area (Å²) in [6.07, 6.45) is 0.720.